The van der Waals surface area contributed by atoms with E-state index in [0.29, 0.717) is 5.56 Å². The first-order valence-electron chi connectivity index (χ1n) is 8.98. The number of rotatable bonds is 7. The van der Waals surface area contributed by atoms with Gasteiger partial charge < -0.3 is 20.3 Å². The van der Waals surface area contributed by atoms with E-state index in [2.05, 4.69) is 31.4 Å². The maximum Gasteiger partial charge on any atom is 0.328 e. The Hall–Kier alpha value is -2.90. The fraction of sp³-hybridized carbons (Fsp3) is 0.500. The second kappa shape index (κ2) is 9.87. The number of carbonyl (C=O) groups is 4. The average Bonchev–Trinajstić information content (AvgIpc) is 2.64. The Kier molecular flexibility index (Phi) is 8.16. The summed E-state index contributed by atoms with van der Waals surface area (Å²) in [5, 5.41) is 4.94. The molecule has 0 spiro atoms. The average molecular weight is 391 g/mol. The highest BCUT2D eigenvalue weighted by Crippen LogP contribution is 2.22. The Morgan fingerprint density at radius 3 is 2.18 bits per heavy atom. The van der Waals surface area contributed by atoms with Gasteiger partial charge >= 0.3 is 5.97 Å². The molecular weight excluding hydrogens is 362 g/mol. The van der Waals surface area contributed by atoms with Gasteiger partial charge in [-0.25, -0.2) is 4.79 Å². The first-order valence-corrected chi connectivity index (χ1v) is 8.98. The summed E-state index contributed by atoms with van der Waals surface area (Å²) in [5.41, 5.74) is 1.49. The van der Waals surface area contributed by atoms with Gasteiger partial charge in [0.2, 0.25) is 5.91 Å². The fourth-order valence-electron chi connectivity index (χ4n) is 2.21. The largest absolute Gasteiger partial charge is 0.454 e. The van der Waals surface area contributed by atoms with Gasteiger partial charge in [0.05, 0.1) is 6.54 Å². The van der Waals surface area contributed by atoms with Crippen molar-refractivity contribution in [1.82, 2.24) is 15.5 Å². The molecule has 0 radical (unpaired) electrons. The summed E-state index contributed by atoms with van der Waals surface area (Å²) < 4.78 is 4.93. The lowest BCUT2D eigenvalue weighted by molar-refractivity contribution is -0.153. The molecule has 1 rings (SSSR count). The molecule has 8 heteroatoms. The molecule has 1 aromatic rings. The molecule has 0 aliphatic rings. The summed E-state index contributed by atoms with van der Waals surface area (Å²) in [7, 11) is 2.89. The maximum absolute atomic E-state index is 12.3. The first kappa shape index (κ1) is 23.1. The smallest absolute Gasteiger partial charge is 0.328 e. The van der Waals surface area contributed by atoms with Crippen LogP contribution >= 0.6 is 0 Å². The molecule has 0 fully saturated rings. The lowest BCUT2D eigenvalue weighted by atomic mass is 9.86. The molecule has 1 atom stereocenters. The van der Waals surface area contributed by atoms with Crippen molar-refractivity contribution in [1.29, 1.82) is 0 Å². The van der Waals surface area contributed by atoms with Crippen molar-refractivity contribution < 1.29 is 23.9 Å². The Morgan fingerprint density at radius 1 is 1.11 bits per heavy atom. The van der Waals surface area contributed by atoms with Crippen molar-refractivity contribution in [2.24, 2.45) is 0 Å². The Morgan fingerprint density at radius 2 is 1.68 bits per heavy atom. The number of ether oxygens (including phenoxy) is 1. The van der Waals surface area contributed by atoms with Gasteiger partial charge in [0, 0.05) is 19.7 Å². The van der Waals surface area contributed by atoms with E-state index in [1.807, 2.05) is 12.1 Å². The van der Waals surface area contributed by atoms with Crippen LogP contribution in [0.5, 0.6) is 0 Å². The van der Waals surface area contributed by atoms with Crippen LogP contribution in [0.2, 0.25) is 0 Å². The van der Waals surface area contributed by atoms with E-state index in [0.717, 1.165) is 10.5 Å². The number of nitrogens with one attached hydrogen (secondary N) is 2. The number of carbonyl (C=O) groups excluding carboxylic acids is 4. The predicted molar refractivity (Wildman–Crippen MR) is 105 cm³/mol. The highest BCUT2D eigenvalue weighted by Gasteiger charge is 2.21. The topological polar surface area (TPSA) is 105 Å². The Bertz CT molecular complexity index is 722. The predicted octanol–water partition coefficient (Wildman–Crippen LogP) is 0.850. The molecular formula is C20H29N3O5. The molecule has 8 nitrogen and oxygen atoms in total. The zero-order valence-corrected chi connectivity index (χ0v) is 17.3. The summed E-state index contributed by atoms with van der Waals surface area (Å²) >= 11 is 0. The molecule has 0 aliphatic carbocycles. The maximum atomic E-state index is 12.3. The van der Waals surface area contributed by atoms with Crippen LogP contribution < -0.4 is 10.6 Å². The Labute approximate surface area is 165 Å². The SMILES string of the molecule is CNC(=O)CN(C)C(=O)COC(=O)[C@H](C)NC(=O)c1ccc(C(C)(C)C)cc1. The monoisotopic (exact) mass is 391 g/mol. The van der Waals surface area contributed by atoms with E-state index in [9.17, 15) is 19.2 Å². The highest BCUT2D eigenvalue weighted by atomic mass is 16.5. The van der Waals surface area contributed by atoms with Crippen LogP contribution in [0.3, 0.4) is 0 Å². The summed E-state index contributed by atoms with van der Waals surface area (Å²) in [6.07, 6.45) is 0. The number of esters is 1. The van der Waals surface area contributed by atoms with Gasteiger partial charge in [-0.1, -0.05) is 32.9 Å². The standard InChI is InChI=1S/C20H29N3O5/c1-13(19(27)28-12-17(25)23(6)11-16(24)21-5)22-18(26)14-7-9-15(10-8-14)20(2,3)4/h7-10,13H,11-12H2,1-6H3,(H,21,24)(H,22,26)/t13-/m0/s1. The summed E-state index contributed by atoms with van der Waals surface area (Å²) in [6, 6.07) is 6.22. The third-order valence-electron chi connectivity index (χ3n) is 4.14. The van der Waals surface area contributed by atoms with Crippen LogP contribution in [0.25, 0.3) is 0 Å². The normalized spacial score (nSPS) is 11.9. The molecule has 0 saturated heterocycles. The van der Waals surface area contributed by atoms with Crippen molar-refractivity contribution in [3.8, 4) is 0 Å². The molecule has 2 N–H and O–H groups in total. The van der Waals surface area contributed by atoms with Gasteiger partial charge in [0.1, 0.15) is 6.04 Å². The zero-order valence-electron chi connectivity index (χ0n) is 17.3. The molecule has 1 aromatic carbocycles. The quantitative estimate of drug-likeness (QED) is 0.671. The van der Waals surface area contributed by atoms with Crippen molar-refractivity contribution in [2.45, 2.75) is 39.2 Å². The van der Waals surface area contributed by atoms with Crippen LogP contribution in [0.4, 0.5) is 0 Å². The number of likely N-dealkylation sites (N-methyl/N-ethyl adjacent to an activating group) is 2. The zero-order chi connectivity index (χ0) is 21.5. The van der Waals surface area contributed by atoms with E-state index < -0.39 is 30.4 Å². The van der Waals surface area contributed by atoms with E-state index in [1.165, 1.54) is 21.0 Å². The van der Waals surface area contributed by atoms with E-state index in [-0.39, 0.29) is 17.9 Å². The number of amides is 3. The molecule has 28 heavy (non-hydrogen) atoms. The molecule has 3 amide bonds. The minimum atomic E-state index is -0.924. The van der Waals surface area contributed by atoms with E-state index in [1.54, 1.807) is 12.1 Å². The van der Waals surface area contributed by atoms with Gasteiger partial charge in [-0.05, 0) is 30.0 Å². The summed E-state index contributed by atoms with van der Waals surface area (Å²) in [5.74, 6) is -2.00. The summed E-state index contributed by atoms with van der Waals surface area (Å²) in [6.45, 7) is 7.06. The third kappa shape index (κ3) is 7.02. The fourth-order valence-corrected chi connectivity index (χ4v) is 2.21. The van der Waals surface area contributed by atoms with Crippen molar-refractivity contribution in [3.63, 3.8) is 0 Å². The van der Waals surface area contributed by atoms with Gasteiger partial charge in [0.15, 0.2) is 6.61 Å². The number of nitrogens with zero attached hydrogens (tertiary/aromatic N) is 1. The number of benzene rings is 1. The second-order valence-corrected chi connectivity index (χ2v) is 7.55. The van der Waals surface area contributed by atoms with Gasteiger partial charge in [0.25, 0.3) is 11.8 Å². The lowest BCUT2D eigenvalue weighted by Crippen LogP contribution is -2.42. The minimum Gasteiger partial charge on any atom is -0.454 e. The first-order chi connectivity index (χ1) is 13.0. The third-order valence-corrected chi connectivity index (χ3v) is 4.14. The van der Waals surface area contributed by atoms with Crippen LogP contribution in [0.15, 0.2) is 24.3 Å². The lowest BCUT2D eigenvalue weighted by Gasteiger charge is -2.19. The minimum absolute atomic E-state index is 0.0242. The number of hydrogen-bond acceptors (Lipinski definition) is 5. The van der Waals surface area contributed by atoms with Crippen molar-refractivity contribution >= 4 is 23.7 Å². The molecule has 0 saturated carbocycles. The van der Waals surface area contributed by atoms with Gasteiger partial charge in [-0.3, -0.25) is 14.4 Å². The van der Waals surface area contributed by atoms with Gasteiger partial charge in [-0.2, -0.15) is 0 Å². The molecule has 0 aliphatic heterocycles. The van der Waals surface area contributed by atoms with Crippen LogP contribution in [-0.4, -0.2) is 61.9 Å². The molecule has 0 unspecified atom stereocenters. The van der Waals surface area contributed by atoms with E-state index >= 15 is 0 Å². The molecule has 0 heterocycles. The van der Waals surface area contributed by atoms with Crippen LogP contribution in [0, 0.1) is 0 Å². The molecule has 0 bridgehead atoms. The molecule has 154 valence electrons. The highest BCUT2D eigenvalue weighted by molar-refractivity contribution is 5.97. The van der Waals surface area contributed by atoms with Crippen LogP contribution in [-0.2, 0) is 24.5 Å². The van der Waals surface area contributed by atoms with E-state index in [4.69, 9.17) is 4.74 Å². The van der Waals surface area contributed by atoms with Gasteiger partial charge in [-0.15, -0.1) is 0 Å². The number of hydrogen-bond donors (Lipinski definition) is 2. The van der Waals surface area contributed by atoms with Crippen molar-refractivity contribution in [2.75, 3.05) is 27.2 Å². The molecule has 0 aromatic heterocycles. The summed E-state index contributed by atoms with van der Waals surface area (Å²) in [4.78, 5) is 48.5. The second-order valence-electron chi connectivity index (χ2n) is 7.55. The van der Waals surface area contributed by atoms with Crippen LogP contribution in [0.1, 0.15) is 43.6 Å². The van der Waals surface area contributed by atoms with Crippen molar-refractivity contribution in [3.05, 3.63) is 35.4 Å². The Balaban J connectivity index is 2.54.